The van der Waals surface area contributed by atoms with Crippen molar-refractivity contribution in [1.29, 1.82) is 0 Å². The van der Waals surface area contributed by atoms with Crippen LogP contribution in [0.2, 0.25) is 0 Å². The molecule has 1 aliphatic heterocycles. The lowest BCUT2D eigenvalue weighted by molar-refractivity contribution is 0.147. The molecule has 19 heavy (non-hydrogen) atoms. The summed E-state index contributed by atoms with van der Waals surface area (Å²) in [5.41, 5.74) is 1.41. The predicted molar refractivity (Wildman–Crippen MR) is 84.3 cm³/mol. The highest BCUT2D eigenvalue weighted by molar-refractivity contribution is 9.09. The monoisotopic (exact) mass is 325 g/mol. The number of halogens is 1. The molecular weight excluding hydrogens is 302 g/mol. The summed E-state index contributed by atoms with van der Waals surface area (Å²) < 4.78 is 5.20. The highest BCUT2D eigenvalue weighted by Gasteiger charge is 2.21. The Morgan fingerprint density at radius 2 is 2.05 bits per heavy atom. The van der Waals surface area contributed by atoms with Crippen molar-refractivity contribution >= 4 is 15.9 Å². The van der Waals surface area contributed by atoms with Gasteiger partial charge in [-0.15, -0.1) is 0 Å². The van der Waals surface area contributed by atoms with Crippen molar-refractivity contribution < 1.29 is 4.74 Å². The Morgan fingerprint density at radius 1 is 1.26 bits per heavy atom. The fraction of sp³-hybridized carbons (Fsp3) is 0.625. The number of alkyl halides is 1. The smallest absolute Gasteiger partial charge is 0.118 e. The quantitative estimate of drug-likeness (QED) is 0.736. The van der Waals surface area contributed by atoms with Gasteiger partial charge in [-0.05, 0) is 49.9 Å². The lowest BCUT2D eigenvalue weighted by Crippen LogP contribution is -2.40. The van der Waals surface area contributed by atoms with Gasteiger partial charge in [-0.3, -0.25) is 0 Å². The minimum atomic E-state index is 0.784. The highest BCUT2D eigenvalue weighted by Crippen LogP contribution is 2.21. The average Bonchev–Trinajstić information content (AvgIpc) is 2.47. The fourth-order valence-electron chi connectivity index (χ4n) is 2.87. The molecule has 1 fully saturated rings. The van der Waals surface area contributed by atoms with Gasteiger partial charge < -0.3 is 9.64 Å². The molecule has 1 aromatic carbocycles. The number of methoxy groups -OCH3 is 1. The molecule has 0 spiro atoms. The number of piperidine rings is 1. The molecule has 1 atom stereocenters. The molecule has 0 aromatic heterocycles. The van der Waals surface area contributed by atoms with Crippen molar-refractivity contribution in [2.75, 3.05) is 25.5 Å². The number of hydrogen-bond donors (Lipinski definition) is 0. The number of hydrogen-bond acceptors (Lipinski definition) is 2. The summed E-state index contributed by atoms with van der Waals surface area (Å²) in [6, 6.07) is 9.26. The summed E-state index contributed by atoms with van der Waals surface area (Å²) in [6.45, 7) is 2.46. The van der Waals surface area contributed by atoms with Crippen LogP contribution in [0.4, 0.5) is 0 Å². The zero-order valence-electron chi connectivity index (χ0n) is 11.8. The Morgan fingerprint density at radius 3 is 2.74 bits per heavy atom. The number of benzene rings is 1. The molecule has 0 radical (unpaired) electrons. The molecule has 1 aliphatic rings. The van der Waals surface area contributed by atoms with E-state index in [0.717, 1.165) is 23.5 Å². The van der Waals surface area contributed by atoms with Gasteiger partial charge in [0.2, 0.25) is 0 Å². The Labute approximate surface area is 125 Å². The van der Waals surface area contributed by atoms with Crippen LogP contribution in [0, 0.1) is 0 Å². The van der Waals surface area contributed by atoms with E-state index >= 15 is 0 Å². The third-order valence-electron chi connectivity index (χ3n) is 4.04. The van der Waals surface area contributed by atoms with E-state index in [0.29, 0.717) is 0 Å². The summed E-state index contributed by atoms with van der Waals surface area (Å²) in [5, 5.41) is 1.12. The number of likely N-dealkylation sites (tertiary alicyclic amines) is 1. The number of ether oxygens (including phenoxy) is 1. The number of nitrogens with zero attached hydrogens (tertiary/aromatic N) is 1. The molecule has 1 aromatic rings. The molecule has 2 nitrogen and oxygen atoms in total. The van der Waals surface area contributed by atoms with Crippen molar-refractivity contribution in [1.82, 2.24) is 4.90 Å². The molecule has 1 unspecified atom stereocenters. The van der Waals surface area contributed by atoms with Crippen molar-refractivity contribution in [3.63, 3.8) is 0 Å². The van der Waals surface area contributed by atoms with Crippen LogP contribution in [0.3, 0.4) is 0 Å². The molecule has 0 aliphatic carbocycles. The van der Waals surface area contributed by atoms with Gasteiger partial charge in [0.15, 0.2) is 0 Å². The van der Waals surface area contributed by atoms with Crippen molar-refractivity contribution in [3.8, 4) is 5.75 Å². The normalized spacial score (nSPS) is 20.4. The Kier molecular flexibility index (Phi) is 6.18. The second-order valence-corrected chi connectivity index (χ2v) is 6.05. The van der Waals surface area contributed by atoms with Crippen LogP contribution >= 0.6 is 15.9 Å². The SMILES string of the molecule is COc1ccc(CCN2CCCCC2CCBr)cc1. The fourth-order valence-corrected chi connectivity index (χ4v) is 3.40. The molecule has 0 saturated carbocycles. The first-order chi connectivity index (χ1) is 9.33. The number of rotatable bonds is 6. The third-order valence-corrected chi connectivity index (χ3v) is 4.50. The molecule has 0 bridgehead atoms. The average molecular weight is 326 g/mol. The van der Waals surface area contributed by atoms with Gasteiger partial charge in [-0.25, -0.2) is 0 Å². The maximum Gasteiger partial charge on any atom is 0.118 e. The second kappa shape index (κ2) is 7.91. The van der Waals surface area contributed by atoms with Crippen LogP contribution in [-0.2, 0) is 6.42 Å². The second-order valence-electron chi connectivity index (χ2n) is 5.26. The first-order valence-electron chi connectivity index (χ1n) is 7.26. The van der Waals surface area contributed by atoms with Crippen LogP contribution < -0.4 is 4.74 Å². The van der Waals surface area contributed by atoms with Gasteiger partial charge in [0.1, 0.15) is 5.75 Å². The Bertz CT molecular complexity index is 364. The van der Waals surface area contributed by atoms with Gasteiger partial charge in [0.05, 0.1) is 7.11 Å². The summed E-state index contributed by atoms with van der Waals surface area (Å²) in [7, 11) is 1.72. The molecule has 2 rings (SSSR count). The van der Waals surface area contributed by atoms with E-state index in [-0.39, 0.29) is 0 Å². The van der Waals surface area contributed by atoms with Crippen LogP contribution in [0.5, 0.6) is 5.75 Å². The highest BCUT2D eigenvalue weighted by atomic mass is 79.9. The molecular formula is C16H24BrNO. The molecule has 0 N–H and O–H groups in total. The summed E-state index contributed by atoms with van der Waals surface area (Å²) >= 11 is 3.58. The molecule has 106 valence electrons. The van der Waals surface area contributed by atoms with Crippen LogP contribution in [0.15, 0.2) is 24.3 Å². The third kappa shape index (κ3) is 4.50. The molecule has 3 heteroatoms. The largest absolute Gasteiger partial charge is 0.497 e. The zero-order valence-corrected chi connectivity index (χ0v) is 13.4. The van der Waals surface area contributed by atoms with Gasteiger partial charge in [-0.2, -0.15) is 0 Å². The van der Waals surface area contributed by atoms with Crippen LogP contribution in [0.25, 0.3) is 0 Å². The van der Waals surface area contributed by atoms with Crippen molar-refractivity contribution in [2.24, 2.45) is 0 Å². The Hall–Kier alpha value is -0.540. The lowest BCUT2D eigenvalue weighted by Gasteiger charge is -2.35. The minimum absolute atomic E-state index is 0.784. The molecule has 0 amide bonds. The Balaban J connectivity index is 1.85. The summed E-state index contributed by atoms with van der Waals surface area (Å²) in [4.78, 5) is 2.68. The first-order valence-corrected chi connectivity index (χ1v) is 8.38. The van der Waals surface area contributed by atoms with Gasteiger partial charge in [0, 0.05) is 17.9 Å². The zero-order chi connectivity index (χ0) is 13.5. The summed E-state index contributed by atoms with van der Waals surface area (Å²) in [5.74, 6) is 0.943. The van der Waals surface area contributed by atoms with Gasteiger partial charge in [-0.1, -0.05) is 34.5 Å². The van der Waals surface area contributed by atoms with Crippen LogP contribution in [-0.4, -0.2) is 36.5 Å². The van der Waals surface area contributed by atoms with Gasteiger partial charge in [0.25, 0.3) is 0 Å². The minimum Gasteiger partial charge on any atom is -0.497 e. The van der Waals surface area contributed by atoms with E-state index in [1.807, 2.05) is 0 Å². The van der Waals surface area contributed by atoms with Crippen molar-refractivity contribution in [2.45, 2.75) is 38.1 Å². The summed E-state index contributed by atoms with van der Waals surface area (Å²) in [6.07, 6.45) is 6.55. The lowest BCUT2D eigenvalue weighted by atomic mass is 9.99. The standard InChI is InChI=1S/C16H24BrNO/c1-19-16-7-5-14(6-8-16)10-13-18-12-3-2-4-15(18)9-11-17/h5-8,15H,2-4,9-13H2,1H3. The van der Waals surface area contributed by atoms with E-state index in [1.54, 1.807) is 7.11 Å². The van der Waals surface area contributed by atoms with Crippen molar-refractivity contribution in [3.05, 3.63) is 29.8 Å². The predicted octanol–water partition coefficient (Wildman–Crippen LogP) is 3.88. The molecule has 1 saturated heterocycles. The van der Waals surface area contributed by atoms with E-state index in [9.17, 15) is 0 Å². The van der Waals surface area contributed by atoms with E-state index in [2.05, 4.69) is 45.1 Å². The van der Waals surface area contributed by atoms with Crippen LogP contribution in [0.1, 0.15) is 31.2 Å². The molecule has 1 heterocycles. The van der Waals surface area contributed by atoms with Gasteiger partial charge >= 0.3 is 0 Å². The van der Waals surface area contributed by atoms with E-state index in [1.165, 1.54) is 44.3 Å². The first kappa shape index (κ1) is 14.9. The topological polar surface area (TPSA) is 12.5 Å². The van der Waals surface area contributed by atoms with E-state index < -0.39 is 0 Å². The maximum atomic E-state index is 5.20. The van der Waals surface area contributed by atoms with E-state index in [4.69, 9.17) is 4.74 Å². The maximum absolute atomic E-state index is 5.20.